The van der Waals surface area contributed by atoms with Crippen molar-refractivity contribution in [2.75, 3.05) is 0 Å². The lowest BCUT2D eigenvalue weighted by Gasteiger charge is -2.28. The van der Waals surface area contributed by atoms with Gasteiger partial charge in [0.25, 0.3) is 5.91 Å². The van der Waals surface area contributed by atoms with Gasteiger partial charge in [0.1, 0.15) is 5.54 Å². The summed E-state index contributed by atoms with van der Waals surface area (Å²) in [6.07, 6.45) is 6.05. The van der Waals surface area contributed by atoms with Crippen LogP contribution in [0.2, 0.25) is 0 Å². The zero-order valence-corrected chi connectivity index (χ0v) is 14.0. The molecule has 1 saturated carbocycles. The molecule has 2 aromatic rings. The summed E-state index contributed by atoms with van der Waals surface area (Å²) >= 11 is 0. The van der Waals surface area contributed by atoms with Crippen molar-refractivity contribution in [1.82, 2.24) is 20.3 Å². The SMILES string of the molecule is O=C(NC1(C(=O)O)CCCCCC1)c1cn(Cc2ccccc2)nn1. The number of aromatic nitrogens is 3. The molecule has 0 saturated heterocycles. The largest absolute Gasteiger partial charge is 0.480 e. The third kappa shape index (κ3) is 4.04. The van der Waals surface area contributed by atoms with Gasteiger partial charge in [-0.3, -0.25) is 4.79 Å². The summed E-state index contributed by atoms with van der Waals surface area (Å²) in [6, 6.07) is 9.73. The van der Waals surface area contributed by atoms with E-state index in [-0.39, 0.29) is 5.69 Å². The third-order valence-corrected chi connectivity index (χ3v) is 4.68. The number of hydrogen-bond acceptors (Lipinski definition) is 4. The number of benzene rings is 1. The number of carbonyl (C=O) groups excluding carboxylic acids is 1. The van der Waals surface area contributed by atoms with Crippen molar-refractivity contribution in [3.8, 4) is 0 Å². The Morgan fingerprint density at radius 1 is 1.12 bits per heavy atom. The molecule has 0 aliphatic heterocycles. The number of aliphatic carboxylic acids is 1. The van der Waals surface area contributed by atoms with E-state index in [1.54, 1.807) is 10.9 Å². The van der Waals surface area contributed by atoms with Gasteiger partial charge in [0.15, 0.2) is 5.69 Å². The number of carbonyl (C=O) groups is 2. The second-order valence-electron chi connectivity index (χ2n) is 6.54. The molecule has 0 atom stereocenters. The molecule has 2 N–H and O–H groups in total. The van der Waals surface area contributed by atoms with Crippen molar-refractivity contribution in [2.24, 2.45) is 0 Å². The molecule has 3 rings (SSSR count). The molecular weight excluding hydrogens is 320 g/mol. The summed E-state index contributed by atoms with van der Waals surface area (Å²) in [4.78, 5) is 24.3. The summed E-state index contributed by atoms with van der Waals surface area (Å²) in [5, 5.41) is 20.2. The average molecular weight is 342 g/mol. The third-order valence-electron chi connectivity index (χ3n) is 4.68. The number of hydrogen-bond donors (Lipinski definition) is 2. The van der Waals surface area contributed by atoms with Gasteiger partial charge in [-0.05, 0) is 18.4 Å². The Labute approximate surface area is 146 Å². The van der Waals surface area contributed by atoms with Crippen LogP contribution in [0.5, 0.6) is 0 Å². The minimum atomic E-state index is -1.20. The van der Waals surface area contributed by atoms with E-state index in [9.17, 15) is 14.7 Å². The van der Waals surface area contributed by atoms with Crippen LogP contribution in [0.4, 0.5) is 0 Å². The van der Waals surface area contributed by atoms with Crippen LogP contribution in [0.15, 0.2) is 36.5 Å². The topological polar surface area (TPSA) is 97.1 Å². The lowest BCUT2D eigenvalue weighted by molar-refractivity contribution is -0.145. The van der Waals surface area contributed by atoms with Crippen molar-refractivity contribution in [3.63, 3.8) is 0 Å². The van der Waals surface area contributed by atoms with Crippen molar-refractivity contribution in [1.29, 1.82) is 0 Å². The summed E-state index contributed by atoms with van der Waals surface area (Å²) in [7, 11) is 0. The molecule has 132 valence electrons. The molecule has 1 aliphatic rings. The molecule has 0 unspecified atom stereocenters. The molecule has 0 bridgehead atoms. The average Bonchev–Trinajstić information content (AvgIpc) is 2.93. The van der Waals surface area contributed by atoms with Gasteiger partial charge in [-0.1, -0.05) is 61.2 Å². The van der Waals surface area contributed by atoms with Gasteiger partial charge in [-0.15, -0.1) is 5.10 Å². The highest BCUT2D eigenvalue weighted by atomic mass is 16.4. The fourth-order valence-electron chi connectivity index (χ4n) is 3.26. The zero-order valence-electron chi connectivity index (χ0n) is 14.0. The van der Waals surface area contributed by atoms with Gasteiger partial charge < -0.3 is 10.4 Å². The van der Waals surface area contributed by atoms with E-state index < -0.39 is 17.4 Å². The Balaban J connectivity index is 1.71. The van der Waals surface area contributed by atoms with Gasteiger partial charge in [-0.2, -0.15) is 0 Å². The lowest BCUT2D eigenvalue weighted by atomic mass is 9.90. The predicted molar refractivity (Wildman–Crippen MR) is 91.1 cm³/mol. The van der Waals surface area contributed by atoms with Crippen molar-refractivity contribution < 1.29 is 14.7 Å². The van der Waals surface area contributed by atoms with Crippen LogP contribution in [-0.4, -0.2) is 37.5 Å². The highest BCUT2D eigenvalue weighted by Crippen LogP contribution is 2.27. The van der Waals surface area contributed by atoms with Crippen LogP contribution in [0.3, 0.4) is 0 Å². The summed E-state index contributed by atoms with van der Waals surface area (Å²) in [5.74, 6) is -1.46. The van der Waals surface area contributed by atoms with E-state index in [2.05, 4.69) is 15.6 Å². The first-order valence-electron chi connectivity index (χ1n) is 8.59. The Hall–Kier alpha value is -2.70. The number of rotatable bonds is 5. The Kier molecular flexibility index (Phi) is 5.11. The minimum Gasteiger partial charge on any atom is -0.480 e. The molecule has 1 aromatic heterocycles. The van der Waals surface area contributed by atoms with Crippen LogP contribution >= 0.6 is 0 Å². The van der Waals surface area contributed by atoms with E-state index >= 15 is 0 Å². The molecule has 1 aromatic carbocycles. The quantitative estimate of drug-likeness (QED) is 0.812. The molecule has 7 heteroatoms. The van der Waals surface area contributed by atoms with Crippen LogP contribution < -0.4 is 5.32 Å². The monoisotopic (exact) mass is 342 g/mol. The number of carboxylic acid groups (broad SMARTS) is 1. The van der Waals surface area contributed by atoms with Gasteiger partial charge >= 0.3 is 5.97 Å². The molecule has 1 aliphatic carbocycles. The highest BCUT2D eigenvalue weighted by Gasteiger charge is 2.40. The first kappa shape index (κ1) is 17.1. The molecule has 1 amide bonds. The van der Waals surface area contributed by atoms with E-state index in [0.717, 1.165) is 31.2 Å². The van der Waals surface area contributed by atoms with E-state index in [1.165, 1.54) is 0 Å². The van der Waals surface area contributed by atoms with E-state index in [0.29, 0.717) is 19.4 Å². The predicted octanol–water partition coefficient (Wildman–Crippen LogP) is 2.23. The number of carboxylic acids is 1. The summed E-state index contributed by atoms with van der Waals surface area (Å²) in [5.41, 5.74) is -0.0116. The van der Waals surface area contributed by atoms with Gasteiger partial charge in [0.05, 0.1) is 12.7 Å². The maximum absolute atomic E-state index is 12.5. The Morgan fingerprint density at radius 3 is 2.44 bits per heavy atom. The molecule has 0 spiro atoms. The maximum atomic E-state index is 12.5. The lowest BCUT2D eigenvalue weighted by Crippen LogP contribution is -2.54. The van der Waals surface area contributed by atoms with Gasteiger partial charge in [0.2, 0.25) is 0 Å². The molecule has 7 nitrogen and oxygen atoms in total. The molecule has 0 radical (unpaired) electrons. The molecule has 1 heterocycles. The first-order valence-corrected chi connectivity index (χ1v) is 8.59. The van der Waals surface area contributed by atoms with E-state index in [1.807, 2.05) is 30.3 Å². The number of nitrogens with one attached hydrogen (secondary N) is 1. The van der Waals surface area contributed by atoms with Crippen molar-refractivity contribution >= 4 is 11.9 Å². The number of nitrogens with zero attached hydrogens (tertiary/aromatic N) is 3. The van der Waals surface area contributed by atoms with Crippen LogP contribution in [0, 0.1) is 0 Å². The molecular formula is C18H22N4O3. The summed E-state index contributed by atoms with van der Waals surface area (Å²) in [6.45, 7) is 0.505. The first-order chi connectivity index (χ1) is 12.1. The van der Waals surface area contributed by atoms with Crippen LogP contribution in [0.1, 0.15) is 54.6 Å². The maximum Gasteiger partial charge on any atom is 0.329 e. The van der Waals surface area contributed by atoms with Crippen molar-refractivity contribution in [2.45, 2.75) is 50.6 Å². The van der Waals surface area contributed by atoms with Gasteiger partial charge in [0, 0.05) is 0 Å². The van der Waals surface area contributed by atoms with Crippen LogP contribution in [0.25, 0.3) is 0 Å². The fraction of sp³-hybridized carbons (Fsp3) is 0.444. The number of amides is 1. The smallest absolute Gasteiger partial charge is 0.329 e. The normalized spacial score (nSPS) is 16.8. The standard InChI is InChI=1S/C18H22N4O3/c23-16(19-18(17(24)25)10-6-1-2-7-11-18)15-13-22(21-20-15)12-14-8-4-3-5-9-14/h3-5,8-9,13H,1-2,6-7,10-12H2,(H,19,23)(H,24,25). The second-order valence-corrected chi connectivity index (χ2v) is 6.54. The molecule has 25 heavy (non-hydrogen) atoms. The fourth-order valence-corrected chi connectivity index (χ4v) is 3.26. The Morgan fingerprint density at radius 2 is 1.80 bits per heavy atom. The minimum absolute atomic E-state index is 0.140. The molecule has 1 fully saturated rings. The van der Waals surface area contributed by atoms with Crippen molar-refractivity contribution in [3.05, 3.63) is 47.8 Å². The second kappa shape index (κ2) is 7.46. The Bertz CT molecular complexity index is 734. The van der Waals surface area contributed by atoms with E-state index in [4.69, 9.17) is 0 Å². The zero-order chi connectivity index (χ0) is 17.7. The highest BCUT2D eigenvalue weighted by molar-refractivity contribution is 5.96. The summed E-state index contributed by atoms with van der Waals surface area (Å²) < 4.78 is 1.57. The van der Waals surface area contributed by atoms with Crippen LogP contribution in [-0.2, 0) is 11.3 Å². The van der Waals surface area contributed by atoms with Gasteiger partial charge in [-0.25, -0.2) is 9.48 Å².